The molecule has 2 heterocycles. The number of carbonyl (C=O) groups is 1. The third kappa shape index (κ3) is 4.21. The first-order valence-corrected chi connectivity index (χ1v) is 9.52. The minimum atomic E-state index is -0.448. The molecule has 1 amide bonds. The molecule has 3 rings (SSSR count). The van der Waals surface area contributed by atoms with Crippen molar-refractivity contribution in [2.75, 3.05) is 5.32 Å². The van der Waals surface area contributed by atoms with Gasteiger partial charge in [-0.15, -0.1) is 11.3 Å². The van der Waals surface area contributed by atoms with E-state index in [1.54, 1.807) is 6.08 Å². The van der Waals surface area contributed by atoms with Gasteiger partial charge in [-0.25, -0.2) is 4.98 Å². The predicted octanol–water partition coefficient (Wildman–Crippen LogP) is 4.98. The van der Waals surface area contributed by atoms with E-state index in [1.165, 1.54) is 28.2 Å². The predicted molar refractivity (Wildman–Crippen MR) is 103 cm³/mol. The molecule has 0 saturated carbocycles. The zero-order valence-corrected chi connectivity index (χ0v) is 15.2. The number of rotatable bonds is 5. The molecule has 124 valence electrons. The third-order valence-electron chi connectivity index (χ3n) is 3.60. The van der Waals surface area contributed by atoms with Crippen LogP contribution in [0, 0.1) is 11.3 Å². The molecule has 0 spiro atoms. The largest absolute Gasteiger partial charge is 0.297 e. The molecule has 1 aromatic carbocycles. The lowest BCUT2D eigenvalue weighted by Gasteiger charge is -2.00. The number of nitriles is 1. The van der Waals surface area contributed by atoms with Gasteiger partial charge < -0.3 is 0 Å². The lowest BCUT2D eigenvalue weighted by atomic mass is 10.1. The number of amides is 1. The molecule has 0 bridgehead atoms. The first-order valence-electron chi connectivity index (χ1n) is 7.69. The molecule has 4 nitrogen and oxygen atoms in total. The van der Waals surface area contributed by atoms with Gasteiger partial charge in [-0.3, -0.25) is 10.1 Å². The first kappa shape index (κ1) is 17.1. The maximum Gasteiger partial charge on any atom is 0.268 e. The van der Waals surface area contributed by atoms with Crippen LogP contribution in [0.1, 0.15) is 18.1 Å². The van der Waals surface area contributed by atoms with E-state index in [4.69, 9.17) is 0 Å². The Kier molecular flexibility index (Phi) is 5.39. The Morgan fingerprint density at radius 2 is 2.08 bits per heavy atom. The van der Waals surface area contributed by atoms with Gasteiger partial charge in [0.1, 0.15) is 11.6 Å². The SMILES string of the molecule is CCc1ccc(-c2csc(NC(=O)/C(C#N)=C/c3ccsc3)n2)cc1. The van der Waals surface area contributed by atoms with Gasteiger partial charge in [0.05, 0.1) is 5.69 Å². The molecule has 0 radical (unpaired) electrons. The summed E-state index contributed by atoms with van der Waals surface area (Å²) in [5.41, 5.74) is 3.98. The molecule has 0 saturated heterocycles. The van der Waals surface area contributed by atoms with Crippen molar-refractivity contribution in [1.82, 2.24) is 4.98 Å². The van der Waals surface area contributed by atoms with Crippen LogP contribution in [0.15, 0.2) is 52.0 Å². The Morgan fingerprint density at radius 3 is 2.72 bits per heavy atom. The van der Waals surface area contributed by atoms with Crippen LogP contribution < -0.4 is 5.32 Å². The maximum atomic E-state index is 12.3. The van der Waals surface area contributed by atoms with E-state index in [9.17, 15) is 10.1 Å². The zero-order valence-electron chi connectivity index (χ0n) is 13.5. The molecule has 0 aliphatic heterocycles. The minimum Gasteiger partial charge on any atom is -0.297 e. The Labute approximate surface area is 154 Å². The van der Waals surface area contributed by atoms with Gasteiger partial charge in [0.25, 0.3) is 5.91 Å². The van der Waals surface area contributed by atoms with E-state index in [0.717, 1.165) is 23.2 Å². The Hall–Kier alpha value is -2.75. The normalized spacial score (nSPS) is 11.1. The van der Waals surface area contributed by atoms with Gasteiger partial charge in [-0.2, -0.15) is 16.6 Å². The number of hydrogen-bond donors (Lipinski definition) is 1. The number of thiophene rings is 1. The molecule has 25 heavy (non-hydrogen) atoms. The number of thiazole rings is 1. The average molecular weight is 365 g/mol. The number of benzene rings is 1. The molecule has 2 aromatic heterocycles. The number of aryl methyl sites for hydroxylation is 1. The Morgan fingerprint density at radius 1 is 1.28 bits per heavy atom. The van der Waals surface area contributed by atoms with Gasteiger partial charge in [0, 0.05) is 10.9 Å². The maximum absolute atomic E-state index is 12.3. The van der Waals surface area contributed by atoms with E-state index in [1.807, 2.05) is 40.4 Å². The molecular formula is C19H15N3OS2. The molecule has 0 aliphatic carbocycles. The topological polar surface area (TPSA) is 65.8 Å². The zero-order chi connectivity index (χ0) is 17.6. The fraction of sp³-hybridized carbons (Fsp3) is 0.105. The summed E-state index contributed by atoms with van der Waals surface area (Å²) in [4.78, 5) is 16.7. The summed E-state index contributed by atoms with van der Waals surface area (Å²) in [5.74, 6) is -0.448. The standard InChI is InChI=1S/C19H15N3OS2/c1-2-13-3-5-15(6-4-13)17-12-25-19(21-17)22-18(23)16(10-20)9-14-7-8-24-11-14/h3-9,11-12H,2H2,1H3,(H,21,22,23)/b16-9+. The van der Waals surface area contributed by atoms with Crippen molar-refractivity contribution in [2.45, 2.75) is 13.3 Å². The number of nitrogens with zero attached hydrogens (tertiary/aromatic N) is 2. The van der Waals surface area contributed by atoms with Crippen molar-refractivity contribution < 1.29 is 4.79 Å². The summed E-state index contributed by atoms with van der Waals surface area (Å²) < 4.78 is 0. The highest BCUT2D eigenvalue weighted by atomic mass is 32.1. The number of hydrogen-bond acceptors (Lipinski definition) is 5. The highest BCUT2D eigenvalue weighted by molar-refractivity contribution is 7.14. The van der Waals surface area contributed by atoms with Crippen LogP contribution in [0.5, 0.6) is 0 Å². The van der Waals surface area contributed by atoms with E-state index < -0.39 is 5.91 Å². The van der Waals surface area contributed by atoms with E-state index >= 15 is 0 Å². The lowest BCUT2D eigenvalue weighted by Crippen LogP contribution is -2.13. The lowest BCUT2D eigenvalue weighted by molar-refractivity contribution is -0.112. The molecule has 3 aromatic rings. The molecule has 0 fully saturated rings. The van der Waals surface area contributed by atoms with Gasteiger partial charge in [-0.1, -0.05) is 31.2 Å². The van der Waals surface area contributed by atoms with Crippen LogP contribution in [0.2, 0.25) is 0 Å². The van der Waals surface area contributed by atoms with Gasteiger partial charge in [0.2, 0.25) is 0 Å². The minimum absolute atomic E-state index is 0.0578. The summed E-state index contributed by atoms with van der Waals surface area (Å²) in [7, 11) is 0. The van der Waals surface area contributed by atoms with Gasteiger partial charge in [-0.05, 0) is 40.5 Å². The monoisotopic (exact) mass is 365 g/mol. The number of anilines is 1. The first-order chi connectivity index (χ1) is 12.2. The van der Waals surface area contributed by atoms with Crippen molar-refractivity contribution >= 4 is 39.8 Å². The summed E-state index contributed by atoms with van der Waals surface area (Å²) >= 11 is 2.86. The van der Waals surface area contributed by atoms with Crippen LogP contribution >= 0.6 is 22.7 Å². The molecule has 1 N–H and O–H groups in total. The molecule has 6 heteroatoms. The smallest absolute Gasteiger partial charge is 0.268 e. The number of nitrogens with one attached hydrogen (secondary N) is 1. The van der Waals surface area contributed by atoms with Crippen molar-refractivity contribution in [2.24, 2.45) is 0 Å². The molecule has 0 aliphatic rings. The Bertz CT molecular complexity index is 932. The number of aromatic nitrogens is 1. The van der Waals surface area contributed by atoms with E-state index in [-0.39, 0.29) is 5.57 Å². The second-order valence-corrected chi connectivity index (χ2v) is 6.91. The second kappa shape index (κ2) is 7.88. The van der Waals surface area contributed by atoms with Gasteiger partial charge >= 0.3 is 0 Å². The van der Waals surface area contributed by atoms with E-state index in [2.05, 4.69) is 29.4 Å². The van der Waals surface area contributed by atoms with Crippen LogP contribution in [0.25, 0.3) is 17.3 Å². The molecule has 0 unspecified atom stereocenters. The number of carbonyl (C=O) groups excluding carboxylic acids is 1. The quantitative estimate of drug-likeness (QED) is 0.512. The third-order valence-corrected chi connectivity index (χ3v) is 5.06. The van der Waals surface area contributed by atoms with Crippen molar-refractivity contribution in [3.63, 3.8) is 0 Å². The summed E-state index contributed by atoms with van der Waals surface area (Å²) in [6.07, 6.45) is 2.57. The fourth-order valence-electron chi connectivity index (χ4n) is 2.21. The molecular weight excluding hydrogens is 350 g/mol. The van der Waals surface area contributed by atoms with Gasteiger partial charge in [0.15, 0.2) is 5.13 Å². The van der Waals surface area contributed by atoms with Crippen molar-refractivity contribution in [1.29, 1.82) is 5.26 Å². The summed E-state index contributed by atoms with van der Waals surface area (Å²) in [5, 5.41) is 18.1. The summed E-state index contributed by atoms with van der Waals surface area (Å²) in [6.45, 7) is 2.11. The van der Waals surface area contributed by atoms with Crippen LogP contribution in [0.4, 0.5) is 5.13 Å². The van der Waals surface area contributed by atoms with Crippen LogP contribution in [-0.4, -0.2) is 10.9 Å². The highest BCUT2D eigenvalue weighted by Crippen LogP contribution is 2.25. The highest BCUT2D eigenvalue weighted by Gasteiger charge is 2.12. The van der Waals surface area contributed by atoms with E-state index in [0.29, 0.717) is 5.13 Å². The van der Waals surface area contributed by atoms with Crippen molar-refractivity contribution in [3.05, 3.63) is 63.2 Å². The molecule has 0 atom stereocenters. The fourth-order valence-corrected chi connectivity index (χ4v) is 3.54. The van der Waals surface area contributed by atoms with Crippen LogP contribution in [0.3, 0.4) is 0 Å². The van der Waals surface area contributed by atoms with Crippen LogP contribution in [-0.2, 0) is 11.2 Å². The second-order valence-electron chi connectivity index (χ2n) is 5.27. The van der Waals surface area contributed by atoms with Crippen molar-refractivity contribution in [3.8, 4) is 17.3 Å². The Balaban J connectivity index is 1.74. The summed E-state index contributed by atoms with van der Waals surface area (Å²) in [6, 6.07) is 12.0. The average Bonchev–Trinajstić information content (AvgIpc) is 3.31.